The maximum atomic E-state index is 13.4. The van der Waals surface area contributed by atoms with Crippen LogP contribution in [0.3, 0.4) is 0 Å². The molecule has 2 unspecified atom stereocenters. The molecule has 118 valence electrons. The van der Waals surface area contributed by atoms with Crippen LogP contribution in [0.4, 0.5) is 0 Å². The van der Waals surface area contributed by atoms with E-state index < -0.39 is 5.41 Å². The SMILES string of the molecule is CN1C(=O)c2cccc3c2[C@]2(C1=O)C(C=C3)CC2c1ccccc1. The highest BCUT2D eigenvalue weighted by Crippen LogP contribution is 2.64. The van der Waals surface area contributed by atoms with Crippen molar-refractivity contribution >= 4 is 17.9 Å². The lowest BCUT2D eigenvalue weighted by atomic mass is 9.44. The number of rotatable bonds is 1. The molecule has 3 nitrogen and oxygen atoms in total. The van der Waals surface area contributed by atoms with Crippen LogP contribution in [0.5, 0.6) is 0 Å². The van der Waals surface area contributed by atoms with Gasteiger partial charge < -0.3 is 0 Å². The lowest BCUT2D eigenvalue weighted by Crippen LogP contribution is -2.65. The van der Waals surface area contributed by atoms with Crippen molar-refractivity contribution in [2.24, 2.45) is 5.92 Å². The van der Waals surface area contributed by atoms with Crippen LogP contribution in [0.2, 0.25) is 0 Å². The minimum absolute atomic E-state index is 0.0538. The molecule has 2 aliphatic carbocycles. The fourth-order valence-electron chi connectivity index (χ4n) is 4.93. The molecule has 3 aliphatic rings. The van der Waals surface area contributed by atoms with Gasteiger partial charge in [-0.25, -0.2) is 0 Å². The molecule has 3 atom stereocenters. The van der Waals surface area contributed by atoms with E-state index in [9.17, 15) is 9.59 Å². The number of likely N-dealkylation sites (N-methyl/N-ethyl adjacent to an activating group) is 1. The summed E-state index contributed by atoms with van der Waals surface area (Å²) in [5.74, 6) is 0.0492. The molecule has 1 saturated carbocycles. The van der Waals surface area contributed by atoms with Gasteiger partial charge in [0.2, 0.25) is 5.91 Å². The predicted molar refractivity (Wildman–Crippen MR) is 91.5 cm³/mol. The minimum atomic E-state index is -0.620. The first-order valence-electron chi connectivity index (χ1n) is 8.35. The van der Waals surface area contributed by atoms with Gasteiger partial charge in [-0.05, 0) is 35.1 Å². The van der Waals surface area contributed by atoms with Crippen molar-refractivity contribution in [3.8, 4) is 0 Å². The Hall–Kier alpha value is -2.68. The van der Waals surface area contributed by atoms with Gasteiger partial charge in [-0.1, -0.05) is 54.6 Å². The third-order valence-corrected chi connectivity index (χ3v) is 6.04. The molecule has 0 aromatic heterocycles. The zero-order chi connectivity index (χ0) is 16.5. The van der Waals surface area contributed by atoms with Crippen LogP contribution in [-0.4, -0.2) is 23.8 Å². The third kappa shape index (κ3) is 1.39. The van der Waals surface area contributed by atoms with Gasteiger partial charge in [0, 0.05) is 18.5 Å². The Bertz CT molecular complexity index is 915. The highest BCUT2D eigenvalue weighted by atomic mass is 16.2. The molecule has 1 aliphatic heterocycles. The van der Waals surface area contributed by atoms with E-state index in [4.69, 9.17) is 0 Å². The fourth-order valence-corrected chi connectivity index (χ4v) is 4.93. The van der Waals surface area contributed by atoms with E-state index in [0.717, 1.165) is 17.5 Å². The predicted octanol–water partition coefficient (Wildman–Crippen LogP) is 3.37. The fraction of sp³-hybridized carbons (Fsp3) is 0.238. The lowest BCUT2D eigenvalue weighted by Gasteiger charge is -2.59. The second kappa shape index (κ2) is 4.44. The number of benzene rings is 2. The van der Waals surface area contributed by atoms with E-state index in [1.165, 1.54) is 10.5 Å². The molecule has 1 fully saturated rings. The van der Waals surface area contributed by atoms with E-state index in [0.29, 0.717) is 5.56 Å². The molecule has 2 aromatic carbocycles. The Morgan fingerprint density at radius 3 is 2.62 bits per heavy atom. The van der Waals surface area contributed by atoms with Gasteiger partial charge in [0.1, 0.15) is 0 Å². The lowest BCUT2D eigenvalue weighted by molar-refractivity contribution is -0.142. The number of imide groups is 1. The van der Waals surface area contributed by atoms with Gasteiger partial charge >= 0.3 is 0 Å². The van der Waals surface area contributed by atoms with Crippen LogP contribution >= 0.6 is 0 Å². The number of carbonyl (C=O) groups is 2. The normalized spacial score (nSPS) is 29.8. The number of carbonyl (C=O) groups excluding carboxylic acids is 2. The first-order chi connectivity index (χ1) is 11.7. The van der Waals surface area contributed by atoms with Crippen LogP contribution in [-0.2, 0) is 10.2 Å². The van der Waals surface area contributed by atoms with Crippen LogP contribution in [0.1, 0.15) is 39.4 Å². The summed E-state index contributed by atoms with van der Waals surface area (Å²) in [6.45, 7) is 0. The second-order valence-electron chi connectivity index (χ2n) is 6.97. The molecular formula is C21H17NO2. The number of amides is 2. The van der Waals surface area contributed by atoms with Crippen molar-refractivity contribution < 1.29 is 9.59 Å². The maximum absolute atomic E-state index is 13.4. The Morgan fingerprint density at radius 2 is 1.83 bits per heavy atom. The van der Waals surface area contributed by atoms with Crippen LogP contribution in [0, 0.1) is 5.92 Å². The van der Waals surface area contributed by atoms with Gasteiger partial charge in [0.15, 0.2) is 0 Å². The van der Waals surface area contributed by atoms with Gasteiger partial charge in [-0.2, -0.15) is 0 Å². The van der Waals surface area contributed by atoms with Crippen LogP contribution in [0.15, 0.2) is 54.6 Å². The average molecular weight is 315 g/mol. The summed E-state index contributed by atoms with van der Waals surface area (Å²) in [6.07, 6.45) is 5.18. The summed E-state index contributed by atoms with van der Waals surface area (Å²) in [5, 5.41) is 0. The number of nitrogens with zero attached hydrogens (tertiary/aromatic N) is 1. The minimum Gasteiger partial charge on any atom is -0.281 e. The van der Waals surface area contributed by atoms with Gasteiger partial charge in [-0.15, -0.1) is 0 Å². The molecule has 5 rings (SSSR count). The molecule has 1 heterocycles. The largest absolute Gasteiger partial charge is 0.281 e. The molecule has 2 amide bonds. The zero-order valence-corrected chi connectivity index (χ0v) is 13.4. The summed E-state index contributed by atoms with van der Waals surface area (Å²) in [6, 6.07) is 16.0. The third-order valence-electron chi connectivity index (χ3n) is 6.04. The van der Waals surface area contributed by atoms with Crippen LogP contribution in [0.25, 0.3) is 6.08 Å². The van der Waals surface area contributed by atoms with E-state index in [-0.39, 0.29) is 23.7 Å². The van der Waals surface area contributed by atoms with E-state index in [1.54, 1.807) is 7.05 Å². The summed E-state index contributed by atoms with van der Waals surface area (Å²) in [7, 11) is 1.62. The first kappa shape index (κ1) is 13.7. The first-order valence-corrected chi connectivity index (χ1v) is 8.35. The number of hydrogen-bond acceptors (Lipinski definition) is 2. The summed E-state index contributed by atoms with van der Waals surface area (Å²) in [4.78, 5) is 27.3. The number of hydrogen-bond donors (Lipinski definition) is 0. The van der Waals surface area contributed by atoms with Crippen molar-refractivity contribution in [2.75, 3.05) is 7.05 Å². The van der Waals surface area contributed by atoms with Crippen molar-refractivity contribution in [1.82, 2.24) is 4.90 Å². The van der Waals surface area contributed by atoms with Crippen molar-refractivity contribution in [3.63, 3.8) is 0 Å². The molecule has 0 bridgehead atoms. The topological polar surface area (TPSA) is 37.4 Å². The maximum Gasteiger partial charge on any atom is 0.260 e. The van der Waals surface area contributed by atoms with Crippen LogP contribution < -0.4 is 0 Å². The highest BCUT2D eigenvalue weighted by Gasteiger charge is 2.66. The Labute approximate surface area is 140 Å². The second-order valence-corrected chi connectivity index (χ2v) is 6.97. The van der Waals surface area contributed by atoms with Crippen molar-refractivity contribution in [3.05, 3.63) is 76.9 Å². The quantitative estimate of drug-likeness (QED) is 0.757. The molecule has 1 spiro atoms. The molecular weight excluding hydrogens is 298 g/mol. The zero-order valence-electron chi connectivity index (χ0n) is 13.4. The highest BCUT2D eigenvalue weighted by molar-refractivity contribution is 6.15. The molecule has 24 heavy (non-hydrogen) atoms. The van der Waals surface area contributed by atoms with Gasteiger partial charge in [0.25, 0.3) is 5.91 Å². The standard InChI is InChI=1S/C21H17NO2/c1-22-19(23)16-9-5-8-14-10-11-15-12-17(13-6-3-2-4-7-13)21(15,18(14)16)20(22)24/h2-11,15,17H,12H2,1H3/t15?,17?,21-/m0/s1. The van der Waals surface area contributed by atoms with Crippen molar-refractivity contribution in [2.45, 2.75) is 17.8 Å². The Balaban J connectivity index is 1.82. The Kier molecular flexibility index (Phi) is 2.54. The van der Waals surface area contributed by atoms with Gasteiger partial charge in [0.05, 0.1) is 5.41 Å². The van der Waals surface area contributed by atoms with E-state index in [2.05, 4.69) is 24.3 Å². The molecule has 2 aromatic rings. The summed E-state index contributed by atoms with van der Waals surface area (Å²) >= 11 is 0. The monoisotopic (exact) mass is 315 g/mol. The van der Waals surface area contributed by atoms with Gasteiger partial charge in [-0.3, -0.25) is 14.5 Å². The average Bonchev–Trinajstić information content (AvgIpc) is 2.60. The smallest absolute Gasteiger partial charge is 0.260 e. The Morgan fingerprint density at radius 1 is 1.04 bits per heavy atom. The number of allylic oxidation sites excluding steroid dienone is 1. The molecule has 0 radical (unpaired) electrons. The summed E-state index contributed by atoms with van der Waals surface area (Å²) in [5.41, 5.74) is 3.21. The van der Waals surface area contributed by atoms with E-state index in [1.807, 2.05) is 36.4 Å². The molecule has 0 saturated heterocycles. The molecule has 3 heteroatoms. The summed E-state index contributed by atoms with van der Waals surface area (Å²) < 4.78 is 0. The van der Waals surface area contributed by atoms with Crippen molar-refractivity contribution in [1.29, 1.82) is 0 Å². The van der Waals surface area contributed by atoms with E-state index >= 15 is 0 Å². The molecule has 0 N–H and O–H groups in total.